The molecule has 0 bridgehead atoms. The molecule has 6 nitrogen and oxygen atoms in total. The summed E-state index contributed by atoms with van der Waals surface area (Å²) < 4.78 is 0. The van der Waals surface area contributed by atoms with Gasteiger partial charge in [0, 0.05) is 50.4 Å². The fourth-order valence-electron chi connectivity index (χ4n) is 2.97. The first kappa shape index (κ1) is 14.5. The van der Waals surface area contributed by atoms with E-state index in [1.54, 1.807) is 18.0 Å². The highest BCUT2D eigenvalue weighted by atomic mass is 32.2. The summed E-state index contributed by atoms with van der Waals surface area (Å²) in [5.74, 6) is -0.0281. The number of hydrogen-bond acceptors (Lipinski definition) is 5. The standard InChI is InChI=1S/C14H19N3O3S/c18-13(16-3-1-15-2-4-16)6-10-5-11(14(19)20)7-17-9-21-8-12(10)17/h7-8,10,15H,1-6,9H2,(H,19,20). The molecule has 7 heteroatoms. The lowest BCUT2D eigenvalue weighted by Gasteiger charge is -2.33. The van der Waals surface area contributed by atoms with E-state index in [1.807, 2.05) is 9.80 Å². The number of nitrogens with zero attached hydrogens (tertiary/aromatic N) is 2. The maximum absolute atomic E-state index is 12.4. The number of fused-ring (bicyclic) bond motifs is 1. The van der Waals surface area contributed by atoms with Gasteiger partial charge in [0.05, 0.1) is 11.4 Å². The van der Waals surface area contributed by atoms with Gasteiger partial charge in [-0.3, -0.25) is 4.79 Å². The summed E-state index contributed by atoms with van der Waals surface area (Å²) in [5.41, 5.74) is 1.49. The van der Waals surface area contributed by atoms with Gasteiger partial charge in [-0.15, -0.1) is 11.8 Å². The Morgan fingerprint density at radius 2 is 2.14 bits per heavy atom. The average molecular weight is 309 g/mol. The van der Waals surface area contributed by atoms with Crippen LogP contribution in [0.15, 0.2) is 22.9 Å². The van der Waals surface area contributed by atoms with Crippen molar-refractivity contribution in [3.63, 3.8) is 0 Å². The first-order valence-electron chi connectivity index (χ1n) is 7.16. The Hall–Kier alpha value is -1.47. The molecule has 0 aromatic carbocycles. The minimum Gasteiger partial charge on any atom is -0.478 e. The third kappa shape index (κ3) is 3.08. The van der Waals surface area contributed by atoms with Crippen LogP contribution in [0.2, 0.25) is 0 Å². The summed E-state index contributed by atoms with van der Waals surface area (Å²) in [4.78, 5) is 27.5. The van der Waals surface area contributed by atoms with Gasteiger partial charge in [-0.05, 0) is 11.8 Å². The summed E-state index contributed by atoms with van der Waals surface area (Å²) in [6.07, 6.45) is 2.55. The number of allylic oxidation sites excluding steroid dienone is 1. The fraction of sp³-hybridized carbons (Fsp3) is 0.571. The summed E-state index contributed by atoms with van der Waals surface area (Å²) >= 11 is 1.65. The van der Waals surface area contributed by atoms with Crippen LogP contribution in [0.5, 0.6) is 0 Å². The zero-order valence-electron chi connectivity index (χ0n) is 11.7. The lowest BCUT2D eigenvalue weighted by Crippen LogP contribution is -2.47. The number of amides is 1. The molecule has 1 fully saturated rings. The van der Waals surface area contributed by atoms with Crippen LogP contribution in [0.1, 0.15) is 12.8 Å². The molecular formula is C14H19N3O3S. The number of carboxylic acids is 1. The highest BCUT2D eigenvalue weighted by Crippen LogP contribution is 2.38. The van der Waals surface area contributed by atoms with Crippen LogP contribution >= 0.6 is 11.8 Å². The van der Waals surface area contributed by atoms with E-state index in [-0.39, 0.29) is 11.8 Å². The number of nitrogens with one attached hydrogen (secondary N) is 1. The SMILES string of the molecule is O=C(O)C1=CN2CSC=C2C(CC(=O)N2CCNCC2)C1. The Kier molecular flexibility index (Phi) is 4.21. The minimum absolute atomic E-state index is 0.0153. The van der Waals surface area contributed by atoms with Crippen molar-refractivity contribution in [2.75, 3.05) is 32.1 Å². The number of piperazine rings is 1. The van der Waals surface area contributed by atoms with Crippen LogP contribution in [0.4, 0.5) is 0 Å². The molecule has 0 saturated carbocycles. The van der Waals surface area contributed by atoms with Crippen molar-refractivity contribution in [2.24, 2.45) is 5.92 Å². The predicted molar refractivity (Wildman–Crippen MR) is 80.3 cm³/mol. The first-order valence-corrected chi connectivity index (χ1v) is 8.21. The molecule has 3 aliphatic heterocycles. The molecule has 114 valence electrons. The highest BCUT2D eigenvalue weighted by molar-refractivity contribution is 8.02. The van der Waals surface area contributed by atoms with Crippen molar-refractivity contribution in [3.8, 4) is 0 Å². The molecular weight excluding hydrogens is 290 g/mol. The largest absolute Gasteiger partial charge is 0.478 e. The van der Waals surface area contributed by atoms with Gasteiger partial charge >= 0.3 is 5.97 Å². The average Bonchev–Trinajstić information content (AvgIpc) is 2.96. The van der Waals surface area contributed by atoms with Gasteiger partial charge in [0.25, 0.3) is 0 Å². The third-order valence-electron chi connectivity index (χ3n) is 4.11. The van der Waals surface area contributed by atoms with E-state index in [4.69, 9.17) is 0 Å². The molecule has 1 unspecified atom stereocenters. The summed E-state index contributed by atoms with van der Waals surface area (Å²) in [5, 5.41) is 14.5. The number of carbonyl (C=O) groups excluding carboxylic acids is 1. The molecule has 1 saturated heterocycles. The molecule has 3 heterocycles. The Bertz CT molecular complexity index is 512. The second kappa shape index (κ2) is 6.11. The fourth-order valence-corrected chi connectivity index (χ4v) is 3.93. The lowest BCUT2D eigenvalue weighted by molar-refractivity contribution is -0.135. The van der Waals surface area contributed by atoms with Crippen LogP contribution in [0, 0.1) is 5.92 Å². The maximum atomic E-state index is 12.4. The van der Waals surface area contributed by atoms with Gasteiger partial charge < -0.3 is 20.2 Å². The third-order valence-corrected chi connectivity index (χ3v) is 4.95. The van der Waals surface area contributed by atoms with Crippen LogP contribution in [-0.4, -0.2) is 58.8 Å². The van der Waals surface area contributed by atoms with Crippen LogP contribution in [0.3, 0.4) is 0 Å². The number of rotatable bonds is 3. The van der Waals surface area contributed by atoms with E-state index >= 15 is 0 Å². The van der Waals surface area contributed by atoms with Gasteiger partial charge in [-0.1, -0.05) is 0 Å². The van der Waals surface area contributed by atoms with Crippen molar-refractivity contribution in [2.45, 2.75) is 12.8 Å². The topological polar surface area (TPSA) is 72.9 Å². The van der Waals surface area contributed by atoms with E-state index in [9.17, 15) is 14.7 Å². The number of thioether (sulfide) groups is 1. The summed E-state index contributed by atoms with van der Waals surface area (Å²) in [6, 6.07) is 0. The molecule has 0 aromatic heterocycles. The predicted octanol–water partition coefficient (Wildman–Crippen LogP) is 0.644. The van der Waals surface area contributed by atoms with Crippen molar-refractivity contribution in [3.05, 3.63) is 22.9 Å². The zero-order valence-corrected chi connectivity index (χ0v) is 12.6. The zero-order chi connectivity index (χ0) is 14.8. The molecule has 21 heavy (non-hydrogen) atoms. The van der Waals surface area contributed by atoms with E-state index < -0.39 is 5.97 Å². The minimum atomic E-state index is -0.884. The molecule has 1 atom stereocenters. The smallest absolute Gasteiger partial charge is 0.333 e. The summed E-state index contributed by atoms with van der Waals surface area (Å²) in [7, 11) is 0. The van der Waals surface area contributed by atoms with Crippen LogP contribution < -0.4 is 5.32 Å². The number of hydrogen-bond donors (Lipinski definition) is 2. The molecule has 0 aliphatic carbocycles. The number of carboxylic acid groups (broad SMARTS) is 1. The van der Waals surface area contributed by atoms with Crippen molar-refractivity contribution in [1.29, 1.82) is 0 Å². The quantitative estimate of drug-likeness (QED) is 0.797. The van der Waals surface area contributed by atoms with Crippen LogP contribution in [0.25, 0.3) is 0 Å². The van der Waals surface area contributed by atoms with Gasteiger partial charge in [0.2, 0.25) is 5.91 Å². The van der Waals surface area contributed by atoms with Crippen molar-refractivity contribution >= 4 is 23.6 Å². The normalized spacial score (nSPS) is 25.2. The molecule has 3 rings (SSSR count). The van der Waals surface area contributed by atoms with Crippen molar-refractivity contribution < 1.29 is 14.7 Å². The van der Waals surface area contributed by atoms with Gasteiger partial charge in [0.15, 0.2) is 0 Å². The Labute approximate surface area is 127 Å². The van der Waals surface area contributed by atoms with Gasteiger partial charge in [0.1, 0.15) is 0 Å². The Morgan fingerprint density at radius 3 is 2.86 bits per heavy atom. The van der Waals surface area contributed by atoms with Crippen LogP contribution in [-0.2, 0) is 9.59 Å². The number of aliphatic carboxylic acids is 1. The summed E-state index contributed by atoms with van der Waals surface area (Å²) in [6.45, 7) is 3.15. The number of carbonyl (C=O) groups is 2. The Morgan fingerprint density at radius 1 is 1.38 bits per heavy atom. The first-order chi connectivity index (χ1) is 10.1. The second-order valence-electron chi connectivity index (χ2n) is 5.50. The molecule has 0 spiro atoms. The van der Waals surface area contributed by atoms with E-state index in [0.717, 1.165) is 37.8 Å². The second-order valence-corrected chi connectivity index (χ2v) is 6.33. The molecule has 0 aromatic rings. The van der Waals surface area contributed by atoms with E-state index in [2.05, 4.69) is 10.7 Å². The molecule has 1 amide bonds. The molecule has 0 radical (unpaired) electrons. The molecule has 3 aliphatic rings. The van der Waals surface area contributed by atoms with Crippen molar-refractivity contribution in [1.82, 2.24) is 15.1 Å². The molecule has 2 N–H and O–H groups in total. The highest BCUT2D eigenvalue weighted by Gasteiger charge is 2.33. The van der Waals surface area contributed by atoms with Gasteiger partial charge in [-0.25, -0.2) is 4.79 Å². The monoisotopic (exact) mass is 309 g/mol. The Balaban J connectivity index is 1.70. The lowest BCUT2D eigenvalue weighted by atomic mass is 9.89. The van der Waals surface area contributed by atoms with E-state index in [0.29, 0.717) is 18.4 Å². The van der Waals surface area contributed by atoms with E-state index in [1.165, 1.54) is 0 Å². The van der Waals surface area contributed by atoms with Gasteiger partial charge in [-0.2, -0.15) is 0 Å². The maximum Gasteiger partial charge on any atom is 0.333 e.